The minimum atomic E-state index is 0.00831. The second-order valence-electron chi connectivity index (χ2n) is 5.95. The second kappa shape index (κ2) is 8.20. The van der Waals surface area contributed by atoms with Crippen LogP contribution in [0.3, 0.4) is 0 Å². The highest BCUT2D eigenvalue weighted by Gasteiger charge is 2.17. The van der Waals surface area contributed by atoms with E-state index in [1.54, 1.807) is 6.20 Å². The number of aromatic nitrogens is 2. The maximum Gasteiger partial charge on any atom is 0.221 e. The van der Waals surface area contributed by atoms with Crippen molar-refractivity contribution < 1.29 is 4.79 Å². The third kappa shape index (κ3) is 4.73. The third-order valence-corrected chi connectivity index (χ3v) is 4.09. The molecule has 0 aliphatic heterocycles. The van der Waals surface area contributed by atoms with Crippen LogP contribution in [-0.2, 0) is 11.3 Å². The van der Waals surface area contributed by atoms with Crippen LogP contribution in [0, 0.1) is 6.92 Å². The van der Waals surface area contributed by atoms with Gasteiger partial charge in [0.15, 0.2) is 0 Å². The van der Waals surface area contributed by atoms with E-state index in [4.69, 9.17) is 0 Å². The lowest BCUT2D eigenvalue weighted by Crippen LogP contribution is -2.25. The van der Waals surface area contributed by atoms with Gasteiger partial charge in [-0.1, -0.05) is 60.7 Å². The Morgan fingerprint density at radius 3 is 2.12 bits per heavy atom. The Morgan fingerprint density at radius 2 is 1.56 bits per heavy atom. The van der Waals surface area contributed by atoms with Crippen LogP contribution in [-0.4, -0.2) is 15.9 Å². The highest BCUT2D eigenvalue weighted by atomic mass is 16.1. The van der Waals surface area contributed by atoms with E-state index in [0.717, 1.165) is 16.8 Å². The monoisotopic (exact) mass is 331 g/mol. The van der Waals surface area contributed by atoms with Crippen molar-refractivity contribution in [3.05, 3.63) is 95.6 Å². The fourth-order valence-corrected chi connectivity index (χ4v) is 2.85. The van der Waals surface area contributed by atoms with Crippen molar-refractivity contribution in [3.63, 3.8) is 0 Å². The highest BCUT2D eigenvalue weighted by molar-refractivity contribution is 5.77. The average Bonchev–Trinajstić information content (AvgIpc) is 2.66. The molecular formula is C21H21N3O. The molecule has 4 heteroatoms. The Kier molecular flexibility index (Phi) is 5.52. The number of hydrogen-bond donors (Lipinski definition) is 1. The summed E-state index contributed by atoms with van der Waals surface area (Å²) >= 11 is 0. The second-order valence-corrected chi connectivity index (χ2v) is 5.95. The molecule has 25 heavy (non-hydrogen) atoms. The lowest BCUT2D eigenvalue weighted by Gasteiger charge is -2.18. The number of nitrogens with one attached hydrogen (secondary N) is 1. The molecule has 0 atom stereocenters. The number of amides is 1. The lowest BCUT2D eigenvalue weighted by molar-refractivity contribution is -0.121. The molecule has 0 saturated heterocycles. The Balaban J connectivity index is 1.71. The van der Waals surface area contributed by atoms with Crippen LogP contribution >= 0.6 is 0 Å². The van der Waals surface area contributed by atoms with Gasteiger partial charge in [-0.15, -0.1) is 0 Å². The van der Waals surface area contributed by atoms with E-state index in [-0.39, 0.29) is 11.8 Å². The number of rotatable bonds is 6. The van der Waals surface area contributed by atoms with Crippen LogP contribution < -0.4 is 5.32 Å². The standard InChI is InChI=1S/C21H21N3O/c1-16-22-13-12-19(24-16)15-23-21(25)14-20(17-8-4-2-5-9-17)18-10-6-3-7-11-18/h2-13,20H,14-15H2,1H3,(H,23,25). The fourth-order valence-electron chi connectivity index (χ4n) is 2.85. The summed E-state index contributed by atoms with van der Waals surface area (Å²) in [5.74, 6) is 0.752. The molecule has 1 heterocycles. The minimum absolute atomic E-state index is 0.00831. The molecule has 1 N–H and O–H groups in total. The van der Waals surface area contributed by atoms with Crippen LogP contribution in [0.5, 0.6) is 0 Å². The van der Waals surface area contributed by atoms with Crippen LogP contribution in [0.2, 0.25) is 0 Å². The topological polar surface area (TPSA) is 54.9 Å². The molecule has 3 rings (SSSR count). The molecule has 126 valence electrons. The molecule has 0 unspecified atom stereocenters. The molecule has 0 fully saturated rings. The predicted octanol–water partition coefficient (Wildman–Crippen LogP) is 3.62. The Bertz CT molecular complexity index is 779. The maximum atomic E-state index is 12.5. The van der Waals surface area contributed by atoms with Crippen LogP contribution in [0.1, 0.15) is 35.0 Å². The first kappa shape index (κ1) is 16.8. The first-order chi connectivity index (χ1) is 12.2. The number of aryl methyl sites for hydroxylation is 1. The van der Waals surface area contributed by atoms with Gasteiger partial charge in [0, 0.05) is 18.5 Å². The number of nitrogens with zero attached hydrogens (tertiary/aromatic N) is 2. The largest absolute Gasteiger partial charge is 0.350 e. The summed E-state index contributed by atoms with van der Waals surface area (Å²) in [6.45, 7) is 2.25. The minimum Gasteiger partial charge on any atom is -0.350 e. The zero-order valence-electron chi connectivity index (χ0n) is 14.2. The van der Waals surface area contributed by atoms with Gasteiger partial charge in [0.1, 0.15) is 5.82 Å². The summed E-state index contributed by atoms with van der Waals surface area (Å²) in [5.41, 5.74) is 3.10. The summed E-state index contributed by atoms with van der Waals surface area (Å²) in [6.07, 6.45) is 2.11. The summed E-state index contributed by atoms with van der Waals surface area (Å²) in [5, 5.41) is 2.97. The normalized spacial score (nSPS) is 10.6. The zero-order chi connectivity index (χ0) is 17.5. The van der Waals surface area contributed by atoms with E-state index < -0.39 is 0 Å². The first-order valence-electron chi connectivity index (χ1n) is 8.37. The van der Waals surface area contributed by atoms with Gasteiger partial charge in [-0.05, 0) is 24.1 Å². The zero-order valence-corrected chi connectivity index (χ0v) is 14.2. The molecule has 3 aromatic rings. The number of hydrogen-bond acceptors (Lipinski definition) is 3. The quantitative estimate of drug-likeness (QED) is 0.750. The van der Waals surface area contributed by atoms with Gasteiger partial charge < -0.3 is 5.32 Å². The predicted molar refractivity (Wildman–Crippen MR) is 98.0 cm³/mol. The van der Waals surface area contributed by atoms with Gasteiger partial charge in [-0.2, -0.15) is 0 Å². The van der Waals surface area contributed by atoms with Gasteiger partial charge in [0.25, 0.3) is 0 Å². The van der Waals surface area contributed by atoms with E-state index in [1.807, 2.05) is 49.4 Å². The van der Waals surface area contributed by atoms with Gasteiger partial charge in [-0.25, -0.2) is 9.97 Å². The molecule has 0 saturated carbocycles. The molecule has 0 spiro atoms. The van der Waals surface area contributed by atoms with Crippen molar-refractivity contribution in [3.8, 4) is 0 Å². The highest BCUT2D eigenvalue weighted by Crippen LogP contribution is 2.27. The summed E-state index contributed by atoms with van der Waals surface area (Å²) in [4.78, 5) is 20.9. The molecule has 0 bridgehead atoms. The van der Waals surface area contributed by atoms with Gasteiger partial charge >= 0.3 is 0 Å². The van der Waals surface area contributed by atoms with Gasteiger partial charge in [-0.3, -0.25) is 4.79 Å². The summed E-state index contributed by atoms with van der Waals surface area (Å²) in [6, 6.07) is 22.1. The Hall–Kier alpha value is -3.01. The van der Waals surface area contributed by atoms with Gasteiger partial charge in [0.2, 0.25) is 5.91 Å². The SMILES string of the molecule is Cc1nccc(CNC(=O)CC(c2ccccc2)c2ccccc2)n1. The van der Waals surface area contributed by atoms with E-state index in [0.29, 0.717) is 18.8 Å². The van der Waals surface area contributed by atoms with E-state index in [9.17, 15) is 4.79 Å². The molecule has 4 nitrogen and oxygen atoms in total. The molecule has 1 amide bonds. The molecule has 1 aromatic heterocycles. The smallest absolute Gasteiger partial charge is 0.221 e. The van der Waals surface area contributed by atoms with E-state index in [1.165, 1.54) is 0 Å². The van der Waals surface area contributed by atoms with Crippen molar-refractivity contribution in [2.24, 2.45) is 0 Å². The van der Waals surface area contributed by atoms with Crippen molar-refractivity contribution in [2.75, 3.05) is 0 Å². The van der Waals surface area contributed by atoms with Crippen LogP contribution in [0.25, 0.3) is 0 Å². The first-order valence-corrected chi connectivity index (χ1v) is 8.37. The van der Waals surface area contributed by atoms with Crippen molar-refractivity contribution in [2.45, 2.75) is 25.8 Å². The third-order valence-electron chi connectivity index (χ3n) is 4.09. The number of carbonyl (C=O) groups is 1. The summed E-state index contributed by atoms with van der Waals surface area (Å²) in [7, 11) is 0. The van der Waals surface area contributed by atoms with Crippen LogP contribution in [0.15, 0.2) is 72.9 Å². The van der Waals surface area contributed by atoms with Gasteiger partial charge in [0.05, 0.1) is 12.2 Å². The van der Waals surface area contributed by atoms with E-state index in [2.05, 4.69) is 39.6 Å². The molecule has 0 aliphatic carbocycles. The van der Waals surface area contributed by atoms with Crippen molar-refractivity contribution in [1.82, 2.24) is 15.3 Å². The van der Waals surface area contributed by atoms with E-state index >= 15 is 0 Å². The molecule has 0 aliphatic rings. The number of carbonyl (C=O) groups excluding carboxylic acids is 1. The summed E-state index contributed by atoms with van der Waals surface area (Å²) < 4.78 is 0. The molecule has 0 radical (unpaired) electrons. The molecule has 2 aromatic carbocycles. The lowest BCUT2D eigenvalue weighted by atomic mass is 9.88. The Labute approximate surface area is 148 Å². The molecular weight excluding hydrogens is 310 g/mol. The van der Waals surface area contributed by atoms with Crippen molar-refractivity contribution >= 4 is 5.91 Å². The van der Waals surface area contributed by atoms with Crippen LogP contribution in [0.4, 0.5) is 0 Å². The fraction of sp³-hybridized carbons (Fsp3) is 0.190. The number of benzene rings is 2. The Morgan fingerprint density at radius 1 is 0.960 bits per heavy atom. The maximum absolute atomic E-state index is 12.5. The van der Waals surface area contributed by atoms with Crippen molar-refractivity contribution in [1.29, 1.82) is 0 Å². The average molecular weight is 331 g/mol.